The summed E-state index contributed by atoms with van der Waals surface area (Å²) in [7, 11) is 0. The third kappa shape index (κ3) is 7.64. The predicted molar refractivity (Wildman–Crippen MR) is 139 cm³/mol. The first-order valence-electron chi connectivity index (χ1n) is 10.9. The maximum atomic E-state index is 11.6. The molecule has 0 radical (unpaired) electrons. The van der Waals surface area contributed by atoms with Crippen molar-refractivity contribution in [1.29, 1.82) is 0 Å². The molecule has 0 spiro atoms. The first kappa shape index (κ1) is 26.4. The van der Waals surface area contributed by atoms with Crippen LogP contribution in [0, 0.1) is 0 Å². The molecule has 0 saturated heterocycles. The molecule has 1 heterocycles. The molecule has 8 nitrogen and oxygen atoms in total. The second-order valence-electron chi connectivity index (χ2n) is 7.73. The van der Waals surface area contributed by atoms with Gasteiger partial charge in [-0.15, -0.1) is 0 Å². The number of aromatic nitrogens is 1. The van der Waals surface area contributed by atoms with E-state index >= 15 is 0 Å². The summed E-state index contributed by atoms with van der Waals surface area (Å²) in [6, 6.07) is 10.5. The van der Waals surface area contributed by atoms with Crippen molar-refractivity contribution in [2.75, 3.05) is 37.7 Å². The van der Waals surface area contributed by atoms with Crippen molar-refractivity contribution in [3.8, 4) is 5.75 Å². The van der Waals surface area contributed by atoms with Crippen molar-refractivity contribution >= 4 is 51.0 Å². The number of halogens is 1. The number of fused-ring (bicyclic) bond motifs is 1. The van der Waals surface area contributed by atoms with Crippen LogP contribution < -0.4 is 10.2 Å². The number of carbonyl (C=O) groups is 1. The van der Waals surface area contributed by atoms with Crippen LogP contribution in [-0.2, 0) is 6.42 Å². The zero-order valence-electron chi connectivity index (χ0n) is 18.5. The van der Waals surface area contributed by atoms with Gasteiger partial charge >= 0.3 is 11.0 Å². The van der Waals surface area contributed by atoms with Crippen LogP contribution in [0.25, 0.3) is 10.2 Å². The van der Waals surface area contributed by atoms with Gasteiger partial charge in [0.15, 0.2) is 0 Å². The summed E-state index contributed by atoms with van der Waals surface area (Å²) in [5, 5.41) is 33.6. The average molecular weight is 526 g/mol. The molecule has 1 atom stereocenters. The number of phenolic OH excluding ortho intramolecular Hbond substituents is 1. The number of hydrogen-bond acceptors (Lipinski definition) is 7. The molecule has 0 aliphatic heterocycles. The number of nitrogens with zero attached hydrogens (tertiary/aromatic N) is 1. The quantitative estimate of drug-likeness (QED) is 0.214. The van der Waals surface area contributed by atoms with Gasteiger partial charge in [-0.2, -0.15) is 11.8 Å². The number of H-pyrrole nitrogens is 1. The number of aromatic amines is 1. The fraction of sp³-hybridized carbons (Fsp3) is 0.391. The van der Waals surface area contributed by atoms with Gasteiger partial charge in [-0.3, -0.25) is 4.79 Å². The smallest absolute Gasteiger partial charge is 0.407 e. The lowest BCUT2D eigenvalue weighted by Gasteiger charge is -2.19. The van der Waals surface area contributed by atoms with Gasteiger partial charge in [0.2, 0.25) is 0 Å². The van der Waals surface area contributed by atoms with E-state index < -0.39 is 12.2 Å². The number of rotatable bonds is 13. The van der Waals surface area contributed by atoms with Gasteiger partial charge in [0.1, 0.15) is 11.3 Å². The molecular formula is C23H28ClN3O5S2. The summed E-state index contributed by atoms with van der Waals surface area (Å²) in [6.07, 6.45) is -0.230. The molecule has 184 valence electrons. The minimum Gasteiger partial charge on any atom is -0.506 e. The number of thioether (sulfide) groups is 1. The Morgan fingerprint density at radius 2 is 2.06 bits per heavy atom. The summed E-state index contributed by atoms with van der Waals surface area (Å²) in [4.78, 5) is 26.8. The second-order valence-corrected chi connectivity index (χ2v) is 10.4. The largest absolute Gasteiger partial charge is 0.506 e. The Morgan fingerprint density at radius 1 is 1.24 bits per heavy atom. The Bertz CT molecular complexity index is 1150. The zero-order chi connectivity index (χ0) is 24.5. The van der Waals surface area contributed by atoms with E-state index in [1.54, 1.807) is 23.9 Å². The molecule has 1 amide bonds. The van der Waals surface area contributed by atoms with Crippen LogP contribution in [0.3, 0.4) is 0 Å². The Balaban J connectivity index is 1.31. The average Bonchev–Trinajstić information content (AvgIpc) is 3.19. The van der Waals surface area contributed by atoms with E-state index in [0.29, 0.717) is 59.2 Å². The minimum absolute atomic E-state index is 0.0137. The van der Waals surface area contributed by atoms with Crippen LogP contribution in [0.5, 0.6) is 5.75 Å². The van der Waals surface area contributed by atoms with Crippen LogP contribution >= 0.6 is 34.7 Å². The number of hydrogen-bond donors (Lipinski definition) is 5. The van der Waals surface area contributed by atoms with Crippen molar-refractivity contribution in [2.45, 2.75) is 18.9 Å². The summed E-state index contributed by atoms with van der Waals surface area (Å²) >= 11 is 8.64. The molecule has 5 N–H and O–H groups in total. The Hall–Kier alpha value is -2.24. The van der Waals surface area contributed by atoms with Crippen molar-refractivity contribution in [2.24, 2.45) is 0 Å². The number of phenols is 1. The number of carboxylic acid groups (broad SMARTS) is 1. The lowest BCUT2D eigenvalue weighted by atomic mass is 10.1. The molecule has 3 aromatic rings. The molecule has 11 heteroatoms. The number of thiazole rings is 1. The third-order valence-electron chi connectivity index (χ3n) is 5.26. The first-order valence-corrected chi connectivity index (χ1v) is 13.2. The molecule has 34 heavy (non-hydrogen) atoms. The Kier molecular flexibility index (Phi) is 10.1. The highest BCUT2D eigenvalue weighted by Gasteiger charge is 2.16. The normalized spacial score (nSPS) is 12.2. The van der Waals surface area contributed by atoms with Gasteiger partial charge in [0.05, 0.1) is 10.8 Å². The van der Waals surface area contributed by atoms with E-state index in [1.165, 1.54) is 11.0 Å². The van der Waals surface area contributed by atoms with E-state index in [-0.39, 0.29) is 10.6 Å². The topological polar surface area (TPSA) is 126 Å². The predicted octanol–water partition coefficient (Wildman–Crippen LogP) is 3.92. The van der Waals surface area contributed by atoms with Crippen LogP contribution in [0.4, 0.5) is 4.79 Å². The standard InChI is InChI=1S/C23H28ClN3O5S2/c24-16-4-1-3-15(13-16)7-9-27(23(31)32)10-12-33-11-2-8-25-14-19(29)17-5-6-18(28)20-21(17)34-22(30)26-20/h1,3-6,13,19,25,28-29H,2,7-12,14H2,(H,26,30)(H,31,32)/t19-/m1/s1. The summed E-state index contributed by atoms with van der Waals surface area (Å²) in [5.74, 6) is 1.57. The van der Waals surface area contributed by atoms with Gasteiger partial charge in [-0.05, 0) is 48.9 Å². The Labute approximate surface area is 210 Å². The fourth-order valence-corrected chi connectivity index (χ4v) is 5.52. The molecule has 0 aliphatic rings. The van der Waals surface area contributed by atoms with E-state index in [4.69, 9.17) is 11.6 Å². The van der Waals surface area contributed by atoms with Gasteiger partial charge < -0.3 is 30.5 Å². The monoisotopic (exact) mass is 525 g/mol. The molecule has 0 saturated carbocycles. The van der Waals surface area contributed by atoms with Crippen molar-refractivity contribution in [1.82, 2.24) is 15.2 Å². The van der Waals surface area contributed by atoms with E-state index in [0.717, 1.165) is 29.1 Å². The van der Waals surface area contributed by atoms with Crippen LogP contribution in [0.1, 0.15) is 23.7 Å². The highest BCUT2D eigenvalue weighted by molar-refractivity contribution is 7.99. The number of aliphatic hydroxyl groups excluding tert-OH is 1. The summed E-state index contributed by atoms with van der Waals surface area (Å²) in [6.45, 7) is 1.91. The van der Waals surface area contributed by atoms with Crippen LogP contribution in [0.15, 0.2) is 41.2 Å². The second kappa shape index (κ2) is 13.0. The van der Waals surface area contributed by atoms with E-state index in [9.17, 15) is 24.9 Å². The molecule has 0 bridgehead atoms. The number of aliphatic hydroxyl groups is 1. The van der Waals surface area contributed by atoms with Crippen LogP contribution in [-0.4, -0.2) is 69.0 Å². The molecular weight excluding hydrogens is 498 g/mol. The van der Waals surface area contributed by atoms with Crippen molar-refractivity contribution in [3.05, 3.63) is 62.2 Å². The molecule has 0 unspecified atom stereocenters. The van der Waals surface area contributed by atoms with E-state index in [2.05, 4.69) is 10.3 Å². The Morgan fingerprint density at radius 3 is 2.82 bits per heavy atom. The highest BCUT2D eigenvalue weighted by atomic mass is 35.5. The molecule has 0 fully saturated rings. The first-order chi connectivity index (χ1) is 16.3. The number of benzene rings is 2. The third-order valence-corrected chi connectivity index (χ3v) is 7.48. The highest BCUT2D eigenvalue weighted by Crippen LogP contribution is 2.31. The SMILES string of the molecule is O=C(O)N(CCSCCCNC[C@@H](O)c1ccc(O)c2[nH]c(=O)sc12)CCc1cccc(Cl)c1. The van der Waals surface area contributed by atoms with Gasteiger partial charge in [0.25, 0.3) is 0 Å². The molecule has 2 aromatic carbocycles. The van der Waals surface area contributed by atoms with Crippen molar-refractivity contribution < 1.29 is 20.1 Å². The maximum absolute atomic E-state index is 11.6. The number of nitrogens with one attached hydrogen (secondary N) is 2. The number of aromatic hydroxyl groups is 1. The number of amides is 1. The van der Waals surface area contributed by atoms with Crippen molar-refractivity contribution in [3.63, 3.8) is 0 Å². The lowest BCUT2D eigenvalue weighted by molar-refractivity contribution is 0.148. The fourth-order valence-electron chi connectivity index (χ4n) is 3.49. The van der Waals surface area contributed by atoms with Crippen LogP contribution in [0.2, 0.25) is 5.02 Å². The molecule has 3 rings (SSSR count). The van der Waals surface area contributed by atoms with Gasteiger partial charge in [-0.25, -0.2) is 4.79 Å². The summed E-state index contributed by atoms with van der Waals surface area (Å²) in [5.41, 5.74) is 1.97. The zero-order valence-corrected chi connectivity index (χ0v) is 20.9. The summed E-state index contributed by atoms with van der Waals surface area (Å²) < 4.78 is 0.563. The van der Waals surface area contributed by atoms with Gasteiger partial charge in [0, 0.05) is 36.0 Å². The molecule has 0 aliphatic carbocycles. The lowest BCUT2D eigenvalue weighted by Crippen LogP contribution is -2.33. The van der Waals surface area contributed by atoms with Gasteiger partial charge in [-0.1, -0.05) is 41.1 Å². The maximum Gasteiger partial charge on any atom is 0.407 e. The van der Waals surface area contributed by atoms with E-state index in [1.807, 2.05) is 18.2 Å². The minimum atomic E-state index is -0.922. The molecule has 1 aromatic heterocycles.